The lowest BCUT2D eigenvalue weighted by Crippen LogP contribution is -2.37. The van der Waals surface area contributed by atoms with Gasteiger partial charge in [-0.3, -0.25) is 0 Å². The van der Waals surface area contributed by atoms with Crippen molar-refractivity contribution < 1.29 is 18.9 Å². The summed E-state index contributed by atoms with van der Waals surface area (Å²) in [6, 6.07) is 0. The summed E-state index contributed by atoms with van der Waals surface area (Å²) >= 11 is 0. The van der Waals surface area contributed by atoms with Gasteiger partial charge in [-0.05, 0) is 27.7 Å². The second-order valence-corrected chi connectivity index (χ2v) is 5.05. The Morgan fingerprint density at radius 1 is 1.06 bits per heavy atom. The molecular formula is C12H18O4. The monoisotopic (exact) mass is 226 g/mol. The first kappa shape index (κ1) is 11.9. The van der Waals surface area contributed by atoms with E-state index < -0.39 is 11.6 Å². The predicted octanol–water partition coefficient (Wildman–Crippen LogP) is 1.29. The van der Waals surface area contributed by atoms with Crippen molar-refractivity contribution in [3.05, 3.63) is 0 Å². The molecule has 0 aliphatic carbocycles. The molecule has 0 spiro atoms. The number of hydrogen-bond donors (Lipinski definition) is 0. The van der Waals surface area contributed by atoms with Crippen LogP contribution >= 0.6 is 0 Å². The van der Waals surface area contributed by atoms with E-state index in [1.54, 1.807) is 0 Å². The summed E-state index contributed by atoms with van der Waals surface area (Å²) in [4.78, 5) is 0. The van der Waals surface area contributed by atoms with Gasteiger partial charge >= 0.3 is 0 Å². The Labute approximate surface area is 96.2 Å². The van der Waals surface area contributed by atoms with Crippen molar-refractivity contribution >= 4 is 0 Å². The molecule has 2 aliphatic rings. The van der Waals surface area contributed by atoms with Crippen LogP contribution in [0.3, 0.4) is 0 Å². The summed E-state index contributed by atoms with van der Waals surface area (Å²) in [6.07, 6.45) is 4.62. The standard InChI is InChI=1S/C12H18O4/c1-6-8-10(16-12(4,5)14-8)9-7-13-11(2,3)15-9/h1,8-10H,7H2,2-5H3/t8-,9+,10+/m0/s1. The van der Waals surface area contributed by atoms with Crippen LogP contribution in [0.15, 0.2) is 0 Å². The maximum absolute atomic E-state index is 5.76. The van der Waals surface area contributed by atoms with Gasteiger partial charge in [-0.2, -0.15) is 0 Å². The smallest absolute Gasteiger partial charge is 0.165 e. The molecule has 0 N–H and O–H groups in total. The molecule has 0 radical (unpaired) electrons. The summed E-state index contributed by atoms with van der Waals surface area (Å²) in [7, 11) is 0. The van der Waals surface area contributed by atoms with Crippen LogP contribution in [0.4, 0.5) is 0 Å². The van der Waals surface area contributed by atoms with Gasteiger partial charge in [0.1, 0.15) is 18.3 Å². The Morgan fingerprint density at radius 3 is 2.25 bits per heavy atom. The van der Waals surface area contributed by atoms with Crippen LogP contribution in [0, 0.1) is 12.3 Å². The van der Waals surface area contributed by atoms with Crippen molar-refractivity contribution in [2.24, 2.45) is 0 Å². The minimum atomic E-state index is -0.655. The molecule has 2 heterocycles. The van der Waals surface area contributed by atoms with Gasteiger partial charge in [0, 0.05) is 0 Å². The number of ether oxygens (including phenoxy) is 4. The van der Waals surface area contributed by atoms with Crippen molar-refractivity contribution in [3.8, 4) is 12.3 Å². The van der Waals surface area contributed by atoms with Gasteiger partial charge in [-0.1, -0.05) is 5.92 Å². The summed E-state index contributed by atoms with van der Waals surface area (Å²) in [5.74, 6) is 1.37. The van der Waals surface area contributed by atoms with Gasteiger partial charge in [0.05, 0.1) is 6.61 Å². The Balaban J connectivity index is 2.08. The molecule has 16 heavy (non-hydrogen) atoms. The fraction of sp³-hybridized carbons (Fsp3) is 0.833. The highest BCUT2D eigenvalue weighted by atomic mass is 16.8. The van der Waals surface area contributed by atoms with E-state index >= 15 is 0 Å². The Kier molecular flexibility index (Phi) is 2.75. The minimum absolute atomic E-state index is 0.169. The lowest BCUT2D eigenvalue weighted by molar-refractivity contribution is -0.174. The molecule has 4 heteroatoms. The summed E-state index contributed by atoms with van der Waals surface area (Å²) < 4.78 is 22.6. The van der Waals surface area contributed by atoms with Gasteiger partial charge < -0.3 is 18.9 Å². The molecule has 4 nitrogen and oxygen atoms in total. The normalized spacial score (nSPS) is 40.8. The van der Waals surface area contributed by atoms with Crippen LogP contribution in [-0.4, -0.2) is 36.5 Å². The molecule has 0 aromatic heterocycles. The largest absolute Gasteiger partial charge is 0.348 e. The van der Waals surface area contributed by atoms with E-state index in [2.05, 4.69) is 5.92 Å². The Hall–Kier alpha value is -0.600. The minimum Gasteiger partial charge on any atom is -0.348 e. The third kappa shape index (κ3) is 2.23. The Morgan fingerprint density at radius 2 is 1.75 bits per heavy atom. The van der Waals surface area contributed by atoms with Crippen molar-refractivity contribution in [3.63, 3.8) is 0 Å². The lowest BCUT2D eigenvalue weighted by Gasteiger charge is -2.22. The second kappa shape index (κ2) is 3.71. The van der Waals surface area contributed by atoms with Crippen molar-refractivity contribution in [1.82, 2.24) is 0 Å². The average molecular weight is 226 g/mol. The highest BCUT2D eigenvalue weighted by molar-refractivity contribution is 5.06. The summed E-state index contributed by atoms with van der Waals surface area (Å²) in [5.41, 5.74) is 0. The van der Waals surface area contributed by atoms with Crippen LogP contribution < -0.4 is 0 Å². The average Bonchev–Trinajstić information content (AvgIpc) is 2.65. The van der Waals surface area contributed by atoms with Gasteiger partial charge in [0.15, 0.2) is 11.6 Å². The van der Waals surface area contributed by atoms with Crippen LogP contribution in [0.2, 0.25) is 0 Å². The van der Waals surface area contributed by atoms with E-state index in [1.165, 1.54) is 0 Å². The van der Waals surface area contributed by atoms with E-state index in [9.17, 15) is 0 Å². The first-order valence-corrected chi connectivity index (χ1v) is 5.46. The lowest BCUT2D eigenvalue weighted by atomic mass is 10.1. The fourth-order valence-electron chi connectivity index (χ4n) is 2.07. The van der Waals surface area contributed by atoms with Crippen LogP contribution in [0.1, 0.15) is 27.7 Å². The van der Waals surface area contributed by atoms with Gasteiger partial charge in [-0.25, -0.2) is 0 Å². The molecule has 2 aliphatic heterocycles. The van der Waals surface area contributed by atoms with Crippen molar-refractivity contribution in [1.29, 1.82) is 0 Å². The molecular weight excluding hydrogens is 208 g/mol. The molecule has 2 saturated heterocycles. The summed E-state index contributed by atoms with van der Waals surface area (Å²) in [5, 5.41) is 0. The summed E-state index contributed by atoms with van der Waals surface area (Å²) in [6.45, 7) is 7.92. The molecule has 0 unspecified atom stereocenters. The molecule has 90 valence electrons. The molecule has 0 bridgehead atoms. The van der Waals surface area contributed by atoms with Crippen molar-refractivity contribution in [2.45, 2.75) is 57.6 Å². The SMILES string of the molecule is C#C[C@@H]1OC(C)(C)O[C@H]1[C@H]1COC(C)(C)O1. The zero-order valence-corrected chi connectivity index (χ0v) is 10.1. The maximum atomic E-state index is 5.76. The molecule has 2 fully saturated rings. The zero-order chi connectivity index (χ0) is 12.0. The van der Waals surface area contributed by atoms with E-state index in [4.69, 9.17) is 25.4 Å². The predicted molar refractivity (Wildman–Crippen MR) is 57.6 cm³/mol. The third-order valence-corrected chi connectivity index (χ3v) is 2.69. The second-order valence-electron chi connectivity index (χ2n) is 5.05. The number of rotatable bonds is 1. The fourth-order valence-corrected chi connectivity index (χ4v) is 2.07. The van der Waals surface area contributed by atoms with Gasteiger partial charge in [0.2, 0.25) is 0 Å². The van der Waals surface area contributed by atoms with E-state index in [0.29, 0.717) is 6.61 Å². The first-order chi connectivity index (χ1) is 7.33. The van der Waals surface area contributed by atoms with Crippen LogP contribution in [0.25, 0.3) is 0 Å². The maximum Gasteiger partial charge on any atom is 0.165 e. The number of terminal acetylenes is 1. The van der Waals surface area contributed by atoms with Gasteiger partial charge in [0.25, 0.3) is 0 Å². The molecule has 3 atom stereocenters. The topological polar surface area (TPSA) is 36.9 Å². The third-order valence-electron chi connectivity index (χ3n) is 2.69. The van der Waals surface area contributed by atoms with Gasteiger partial charge in [-0.15, -0.1) is 6.42 Å². The molecule has 0 saturated carbocycles. The molecule has 0 amide bonds. The van der Waals surface area contributed by atoms with Crippen LogP contribution in [-0.2, 0) is 18.9 Å². The van der Waals surface area contributed by atoms with E-state index in [-0.39, 0.29) is 18.3 Å². The van der Waals surface area contributed by atoms with E-state index in [1.807, 2.05) is 27.7 Å². The highest BCUT2D eigenvalue weighted by Crippen LogP contribution is 2.35. The molecule has 2 rings (SSSR count). The first-order valence-electron chi connectivity index (χ1n) is 5.46. The van der Waals surface area contributed by atoms with Crippen LogP contribution in [0.5, 0.6) is 0 Å². The quantitative estimate of drug-likeness (QED) is 0.631. The molecule has 0 aromatic rings. The van der Waals surface area contributed by atoms with E-state index in [0.717, 1.165) is 0 Å². The zero-order valence-electron chi connectivity index (χ0n) is 10.1. The number of hydrogen-bond acceptors (Lipinski definition) is 4. The Bertz CT molecular complexity index is 315. The van der Waals surface area contributed by atoms with Crippen molar-refractivity contribution in [2.75, 3.05) is 6.61 Å². The molecule has 0 aromatic carbocycles. The highest BCUT2D eigenvalue weighted by Gasteiger charge is 2.49.